The smallest absolute Gasteiger partial charge is 0.123 e. The molecular weight excluding hydrogens is 179 g/mol. The molecule has 0 atom stereocenters. The third kappa shape index (κ3) is 3.56. The predicted octanol–water partition coefficient (Wildman–Crippen LogP) is 2.14. The summed E-state index contributed by atoms with van der Waals surface area (Å²) in [6.45, 7) is 2.59. The van der Waals surface area contributed by atoms with Crippen molar-refractivity contribution in [3.8, 4) is 0 Å². The second kappa shape index (κ2) is 5.37. The van der Waals surface area contributed by atoms with Crippen LogP contribution in [-0.2, 0) is 6.42 Å². The zero-order chi connectivity index (χ0) is 10.4. The average molecular weight is 194 g/mol. The highest BCUT2D eigenvalue weighted by atomic mass is 19.1. The minimum absolute atomic E-state index is 0.199. The Balaban J connectivity index is 2.46. The molecule has 0 bridgehead atoms. The highest BCUT2D eigenvalue weighted by Gasteiger charge is 1.94. The van der Waals surface area contributed by atoms with Gasteiger partial charge in [-0.15, -0.1) is 0 Å². The molecule has 76 valence electrons. The third-order valence-electron chi connectivity index (χ3n) is 1.97. The number of hydrogen-bond acceptors (Lipinski definition) is 1. The van der Waals surface area contributed by atoms with Crippen molar-refractivity contribution in [2.45, 2.75) is 19.8 Å². The van der Waals surface area contributed by atoms with Crippen LogP contribution in [0.1, 0.15) is 18.9 Å². The maximum Gasteiger partial charge on any atom is 0.123 e. The zero-order valence-corrected chi connectivity index (χ0v) is 8.33. The number of benzene rings is 1. The Morgan fingerprint density at radius 3 is 2.93 bits per heavy atom. The molecule has 0 heterocycles. The van der Waals surface area contributed by atoms with Gasteiger partial charge in [-0.2, -0.15) is 0 Å². The lowest BCUT2D eigenvalue weighted by Crippen LogP contribution is -2.10. The number of halogens is 1. The normalized spacial score (nSPS) is 11.7. The number of nitrogens with zero attached hydrogens (tertiary/aromatic N) is 1. The molecular formula is C11H15FN2. The maximum absolute atomic E-state index is 12.8. The van der Waals surface area contributed by atoms with E-state index in [9.17, 15) is 4.39 Å². The monoisotopic (exact) mass is 194 g/mol. The van der Waals surface area contributed by atoms with Gasteiger partial charge in [-0.1, -0.05) is 19.1 Å². The van der Waals surface area contributed by atoms with Crippen LogP contribution >= 0.6 is 0 Å². The summed E-state index contributed by atoms with van der Waals surface area (Å²) in [5.74, 6) is 0.455. The van der Waals surface area contributed by atoms with Gasteiger partial charge >= 0.3 is 0 Å². The Bertz CT molecular complexity index is 321. The molecule has 3 heteroatoms. The SMILES string of the molecule is CCC(N)=NCCc1cccc(F)c1. The molecule has 14 heavy (non-hydrogen) atoms. The Morgan fingerprint density at radius 2 is 2.29 bits per heavy atom. The second-order valence-electron chi connectivity index (χ2n) is 3.11. The van der Waals surface area contributed by atoms with Gasteiger partial charge in [-0.25, -0.2) is 4.39 Å². The van der Waals surface area contributed by atoms with Crippen LogP contribution in [0.25, 0.3) is 0 Å². The van der Waals surface area contributed by atoms with Gasteiger partial charge in [0.1, 0.15) is 5.82 Å². The van der Waals surface area contributed by atoms with Gasteiger partial charge in [-0.3, -0.25) is 4.99 Å². The number of amidine groups is 1. The molecule has 0 aliphatic heterocycles. The molecule has 0 saturated carbocycles. The van der Waals surface area contributed by atoms with Crippen LogP contribution in [0.3, 0.4) is 0 Å². The van der Waals surface area contributed by atoms with E-state index in [1.807, 2.05) is 13.0 Å². The molecule has 1 aromatic carbocycles. The highest BCUT2D eigenvalue weighted by Crippen LogP contribution is 2.04. The molecule has 0 radical (unpaired) electrons. The summed E-state index contributed by atoms with van der Waals surface area (Å²) in [5.41, 5.74) is 6.50. The van der Waals surface area contributed by atoms with Gasteiger partial charge in [0, 0.05) is 13.0 Å². The number of aliphatic imine (C=N–C) groups is 1. The standard InChI is InChI=1S/C11H15FN2/c1-2-11(13)14-7-6-9-4-3-5-10(12)8-9/h3-5,8H,2,6-7H2,1H3,(H2,13,14). The van der Waals surface area contributed by atoms with Crippen LogP contribution in [0.2, 0.25) is 0 Å². The van der Waals surface area contributed by atoms with Gasteiger partial charge in [0.05, 0.1) is 5.84 Å². The van der Waals surface area contributed by atoms with Gasteiger partial charge in [0.2, 0.25) is 0 Å². The van der Waals surface area contributed by atoms with Crippen molar-refractivity contribution in [2.24, 2.45) is 10.7 Å². The van der Waals surface area contributed by atoms with Gasteiger partial charge < -0.3 is 5.73 Å². The van der Waals surface area contributed by atoms with Gasteiger partial charge in [-0.05, 0) is 24.1 Å². The topological polar surface area (TPSA) is 38.4 Å². The van der Waals surface area contributed by atoms with Gasteiger partial charge in [0.25, 0.3) is 0 Å². The first-order valence-corrected chi connectivity index (χ1v) is 4.75. The van der Waals surface area contributed by atoms with Crippen molar-refractivity contribution < 1.29 is 4.39 Å². The van der Waals surface area contributed by atoms with E-state index in [0.29, 0.717) is 12.4 Å². The first-order chi connectivity index (χ1) is 6.72. The van der Waals surface area contributed by atoms with Crippen LogP contribution in [0.5, 0.6) is 0 Å². The van der Waals surface area contributed by atoms with E-state index in [1.54, 1.807) is 6.07 Å². The summed E-state index contributed by atoms with van der Waals surface area (Å²) >= 11 is 0. The lowest BCUT2D eigenvalue weighted by atomic mass is 10.1. The summed E-state index contributed by atoms with van der Waals surface area (Å²) in [4.78, 5) is 4.14. The summed E-state index contributed by atoms with van der Waals surface area (Å²) in [6, 6.07) is 6.56. The quantitative estimate of drug-likeness (QED) is 0.578. The van der Waals surface area contributed by atoms with Crippen LogP contribution in [0.4, 0.5) is 4.39 Å². The van der Waals surface area contributed by atoms with E-state index < -0.39 is 0 Å². The summed E-state index contributed by atoms with van der Waals surface area (Å²) < 4.78 is 12.8. The molecule has 0 amide bonds. The summed E-state index contributed by atoms with van der Waals surface area (Å²) in [7, 11) is 0. The lowest BCUT2D eigenvalue weighted by Gasteiger charge is -1.99. The van der Waals surface area contributed by atoms with E-state index in [2.05, 4.69) is 4.99 Å². The Morgan fingerprint density at radius 1 is 1.50 bits per heavy atom. The van der Waals surface area contributed by atoms with Crippen LogP contribution in [-0.4, -0.2) is 12.4 Å². The number of rotatable bonds is 4. The first-order valence-electron chi connectivity index (χ1n) is 4.75. The fourth-order valence-electron chi connectivity index (χ4n) is 1.13. The molecule has 0 aromatic heterocycles. The van der Waals surface area contributed by atoms with E-state index >= 15 is 0 Å². The average Bonchev–Trinajstić information content (AvgIpc) is 2.17. The van der Waals surface area contributed by atoms with Crippen molar-refractivity contribution in [1.29, 1.82) is 0 Å². The summed E-state index contributed by atoms with van der Waals surface area (Å²) in [5, 5.41) is 0. The number of nitrogens with two attached hydrogens (primary N) is 1. The van der Waals surface area contributed by atoms with E-state index in [4.69, 9.17) is 5.73 Å². The Hall–Kier alpha value is -1.38. The fourth-order valence-corrected chi connectivity index (χ4v) is 1.13. The van der Waals surface area contributed by atoms with Gasteiger partial charge in [0.15, 0.2) is 0 Å². The molecule has 0 spiro atoms. The molecule has 0 aliphatic carbocycles. The summed E-state index contributed by atoms with van der Waals surface area (Å²) in [6.07, 6.45) is 1.50. The maximum atomic E-state index is 12.8. The van der Waals surface area contributed by atoms with Crippen LogP contribution in [0.15, 0.2) is 29.3 Å². The zero-order valence-electron chi connectivity index (χ0n) is 8.33. The van der Waals surface area contributed by atoms with E-state index in [1.165, 1.54) is 12.1 Å². The molecule has 2 N–H and O–H groups in total. The lowest BCUT2D eigenvalue weighted by molar-refractivity contribution is 0.625. The van der Waals surface area contributed by atoms with E-state index in [0.717, 1.165) is 18.4 Å². The predicted molar refractivity (Wildman–Crippen MR) is 56.9 cm³/mol. The van der Waals surface area contributed by atoms with Crippen molar-refractivity contribution in [2.75, 3.05) is 6.54 Å². The molecule has 2 nitrogen and oxygen atoms in total. The molecule has 1 aromatic rings. The molecule has 0 saturated heterocycles. The third-order valence-corrected chi connectivity index (χ3v) is 1.97. The first kappa shape index (κ1) is 10.7. The van der Waals surface area contributed by atoms with Crippen molar-refractivity contribution >= 4 is 5.84 Å². The molecule has 0 fully saturated rings. The number of hydrogen-bond donors (Lipinski definition) is 1. The van der Waals surface area contributed by atoms with Crippen molar-refractivity contribution in [3.05, 3.63) is 35.6 Å². The Kier molecular flexibility index (Phi) is 4.11. The fraction of sp³-hybridized carbons (Fsp3) is 0.364. The van der Waals surface area contributed by atoms with Crippen LogP contribution in [0, 0.1) is 5.82 Å². The second-order valence-corrected chi connectivity index (χ2v) is 3.11. The Labute approximate surface area is 83.7 Å². The van der Waals surface area contributed by atoms with Crippen molar-refractivity contribution in [3.63, 3.8) is 0 Å². The molecule has 0 aliphatic rings. The molecule has 1 rings (SSSR count). The van der Waals surface area contributed by atoms with Crippen LogP contribution < -0.4 is 5.73 Å². The van der Waals surface area contributed by atoms with E-state index in [-0.39, 0.29) is 5.82 Å². The highest BCUT2D eigenvalue weighted by molar-refractivity contribution is 5.79. The minimum Gasteiger partial charge on any atom is -0.387 e. The molecule has 0 unspecified atom stereocenters. The minimum atomic E-state index is -0.199. The van der Waals surface area contributed by atoms with Crippen molar-refractivity contribution in [1.82, 2.24) is 0 Å². The largest absolute Gasteiger partial charge is 0.387 e.